The molecule has 1 N–H and O–H groups in total. The quantitative estimate of drug-likeness (QED) is 0.628. The first-order valence-electron chi connectivity index (χ1n) is 4.65. The molecule has 16 heavy (non-hydrogen) atoms. The lowest BCUT2D eigenvalue weighted by Crippen LogP contribution is -2.45. The van der Waals surface area contributed by atoms with Crippen LogP contribution in [0, 0.1) is 6.92 Å². The smallest absolute Gasteiger partial charge is 0.435 e. The Bertz CT molecular complexity index is 461. The van der Waals surface area contributed by atoms with Gasteiger partial charge in [-0.25, -0.2) is 18.1 Å². The predicted octanol–water partition coefficient (Wildman–Crippen LogP) is 1.53. The molecule has 0 radical (unpaired) electrons. The highest BCUT2D eigenvalue weighted by molar-refractivity contribution is 7.50. The van der Waals surface area contributed by atoms with Crippen LogP contribution in [-0.2, 0) is 18.1 Å². The van der Waals surface area contributed by atoms with Gasteiger partial charge in [0.15, 0.2) is 0 Å². The van der Waals surface area contributed by atoms with Crippen LogP contribution in [0.1, 0.15) is 5.56 Å². The zero-order chi connectivity index (χ0) is 11.4. The second-order valence-corrected chi connectivity index (χ2v) is 5.13. The van der Waals surface area contributed by atoms with Crippen LogP contribution < -0.4 is 4.74 Å². The van der Waals surface area contributed by atoms with Crippen molar-refractivity contribution in [3.8, 4) is 5.75 Å². The maximum atomic E-state index is 11.2. The molecule has 7 heteroatoms. The SMILES string of the molecule is Cc1ccc(OC2(O)OP3(=O)OC2O3)cc1. The molecule has 0 aliphatic carbocycles. The molecule has 1 unspecified atom stereocenters. The summed E-state index contributed by atoms with van der Waals surface area (Å²) in [6.07, 6.45) is -1.15. The van der Waals surface area contributed by atoms with E-state index in [9.17, 15) is 9.67 Å². The number of rotatable bonds is 2. The summed E-state index contributed by atoms with van der Waals surface area (Å²) < 4.78 is 30.4. The maximum Gasteiger partial charge on any atom is 0.485 e. The van der Waals surface area contributed by atoms with Crippen LogP contribution in [0.3, 0.4) is 0 Å². The van der Waals surface area contributed by atoms with Crippen molar-refractivity contribution in [1.82, 2.24) is 0 Å². The molecule has 3 saturated heterocycles. The van der Waals surface area contributed by atoms with E-state index in [2.05, 4.69) is 13.6 Å². The van der Waals surface area contributed by atoms with Crippen LogP contribution in [0.2, 0.25) is 0 Å². The molecular weight excluding hydrogens is 235 g/mol. The van der Waals surface area contributed by atoms with Gasteiger partial charge in [-0.2, -0.15) is 0 Å². The number of aryl methyl sites for hydroxylation is 1. The Morgan fingerprint density at radius 1 is 1.38 bits per heavy atom. The van der Waals surface area contributed by atoms with Gasteiger partial charge in [0.1, 0.15) is 5.75 Å². The van der Waals surface area contributed by atoms with Gasteiger partial charge in [-0.1, -0.05) is 17.7 Å². The van der Waals surface area contributed by atoms with E-state index in [1.165, 1.54) is 0 Å². The normalized spacial score (nSPS) is 40.5. The van der Waals surface area contributed by atoms with Crippen LogP contribution in [-0.4, -0.2) is 17.4 Å². The molecule has 86 valence electrons. The largest absolute Gasteiger partial charge is 0.485 e. The molecule has 4 rings (SSSR count). The second-order valence-electron chi connectivity index (χ2n) is 3.63. The number of hydrogen-bond acceptors (Lipinski definition) is 6. The number of hydrogen-bond donors (Lipinski definition) is 1. The molecule has 3 aliphatic rings. The fourth-order valence-corrected chi connectivity index (χ4v) is 2.74. The number of fused-ring (bicyclic) bond motifs is 1. The van der Waals surface area contributed by atoms with Gasteiger partial charge >= 0.3 is 13.8 Å². The summed E-state index contributed by atoms with van der Waals surface area (Å²) in [5.41, 5.74) is 1.05. The van der Waals surface area contributed by atoms with Gasteiger partial charge in [0.25, 0.3) is 6.29 Å². The standard InChI is InChI=1S/C9H9O6P/c1-6-2-4-7(5-3-6)12-9(10)8-13-16(11,14-8)15-9/h2-5,8,10H,1H3. The fourth-order valence-electron chi connectivity index (χ4n) is 1.46. The molecule has 2 bridgehead atoms. The van der Waals surface area contributed by atoms with E-state index in [-0.39, 0.29) is 0 Å². The number of aliphatic hydroxyl groups is 1. The summed E-state index contributed by atoms with van der Waals surface area (Å²) in [6.45, 7) is 1.92. The van der Waals surface area contributed by atoms with Crippen molar-refractivity contribution in [2.45, 2.75) is 19.2 Å². The van der Waals surface area contributed by atoms with Gasteiger partial charge in [-0.05, 0) is 19.1 Å². The minimum absolute atomic E-state index is 0.376. The third-order valence-corrected chi connectivity index (χ3v) is 3.66. The minimum Gasteiger partial charge on any atom is -0.435 e. The molecule has 6 nitrogen and oxygen atoms in total. The number of benzene rings is 1. The molecule has 0 amide bonds. The van der Waals surface area contributed by atoms with Crippen molar-refractivity contribution in [1.29, 1.82) is 0 Å². The Kier molecular flexibility index (Phi) is 1.96. The van der Waals surface area contributed by atoms with E-state index in [1.54, 1.807) is 12.1 Å². The Morgan fingerprint density at radius 3 is 2.50 bits per heavy atom. The molecule has 3 fully saturated rings. The van der Waals surface area contributed by atoms with E-state index < -0.39 is 20.1 Å². The van der Waals surface area contributed by atoms with E-state index in [1.807, 2.05) is 19.1 Å². The van der Waals surface area contributed by atoms with Crippen LogP contribution in [0.5, 0.6) is 5.75 Å². The number of phosphoric ester groups is 1. The van der Waals surface area contributed by atoms with E-state index in [4.69, 9.17) is 4.74 Å². The predicted molar refractivity (Wildman–Crippen MR) is 51.4 cm³/mol. The van der Waals surface area contributed by atoms with E-state index >= 15 is 0 Å². The Balaban J connectivity index is 1.80. The second kappa shape index (κ2) is 3.06. The Labute approximate surface area is 91.3 Å². The highest BCUT2D eigenvalue weighted by atomic mass is 31.2. The fraction of sp³-hybridized carbons (Fsp3) is 0.333. The molecule has 3 heterocycles. The first-order chi connectivity index (χ1) is 7.49. The third-order valence-electron chi connectivity index (χ3n) is 2.28. The summed E-state index contributed by atoms with van der Waals surface area (Å²) >= 11 is 0. The maximum absolute atomic E-state index is 11.2. The molecule has 0 aromatic heterocycles. The molecule has 1 atom stereocenters. The highest BCUT2D eigenvalue weighted by Crippen LogP contribution is 2.71. The monoisotopic (exact) mass is 244 g/mol. The first kappa shape index (κ1) is 10.3. The lowest BCUT2D eigenvalue weighted by molar-refractivity contribution is -0.310. The lowest BCUT2D eigenvalue weighted by atomic mass is 10.2. The zero-order valence-electron chi connectivity index (χ0n) is 8.32. The summed E-state index contributed by atoms with van der Waals surface area (Å²) in [7, 11) is -3.54. The van der Waals surface area contributed by atoms with Crippen LogP contribution in [0.15, 0.2) is 24.3 Å². The van der Waals surface area contributed by atoms with Crippen molar-refractivity contribution in [3.63, 3.8) is 0 Å². The van der Waals surface area contributed by atoms with Crippen LogP contribution in [0.4, 0.5) is 0 Å². The van der Waals surface area contributed by atoms with Gasteiger partial charge in [-0.15, -0.1) is 0 Å². The summed E-state index contributed by atoms with van der Waals surface area (Å²) in [5.74, 6) is -1.74. The highest BCUT2D eigenvalue weighted by Gasteiger charge is 2.71. The molecule has 0 saturated carbocycles. The van der Waals surface area contributed by atoms with Crippen molar-refractivity contribution >= 4 is 7.82 Å². The number of phosphoric acid groups is 1. The van der Waals surface area contributed by atoms with Crippen LogP contribution in [0.25, 0.3) is 0 Å². The van der Waals surface area contributed by atoms with Crippen molar-refractivity contribution in [2.24, 2.45) is 0 Å². The number of ether oxygens (including phenoxy) is 1. The summed E-state index contributed by atoms with van der Waals surface area (Å²) in [5, 5.41) is 9.82. The summed E-state index contributed by atoms with van der Waals surface area (Å²) in [4.78, 5) is 0. The minimum atomic E-state index is -3.54. The molecular formula is C9H9O6P. The van der Waals surface area contributed by atoms with Crippen molar-refractivity contribution in [2.75, 3.05) is 0 Å². The topological polar surface area (TPSA) is 74.2 Å². The molecule has 1 aromatic carbocycles. The Hall–Kier alpha value is -0.910. The van der Waals surface area contributed by atoms with Gasteiger partial charge in [0.2, 0.25) is 0 Å². The average Bonchev–Trinajstić information content (AvgIpc) is 2.55. The third kappa shape index (κ3) is 1.47. The molecule has 3 aliphatic heterocycles. The zero-order valence-corrected chi connectivity index (χ0v) is 9.22. The molecule has 0 spiro atoms. The lowest BCUT2D eigenvalue weighted by Gasteiger charge is -2.24. The average molecular weight is 244 g/mol. The van der Waals surface area contributed by atoms with Crippen LogP contribution >= 0.6 is 7.82 Å². The van der Waals surface area contributed by atoms with E-state index in [0.29, 0.717) is 5.75 Å². The van der Waals surface area contributed by atoms with E-state index in [0.717, 1.165) is 5.56 Å². The van der Waals surface area contributed by atoms with Gasteiger partial charge in [0, 0.05) is 0 Å². The van der Waals surface area contributed by atoms with Crippen molar-refractivity contribution in [3.05, 3.63) is 29.8 Å². The van der Waals surface area contributed by atoms with Gasteiger partial charge in [-0.3, -0.25) is 0 Å². The Morgan fingerprint density at radius 2 is 2.00 bits per heavy atom. The first-order valence-corrected chi connectivity index (χ1v) is 6.11. The van der Waals surface area contributed by atoms with Gasteiger partial charge in [0.05, 0.1) is 0 Å². The summed E-state index contributed by atoms with van der Waals surface area (Å²) in [6, 6.07) is 6.92. The van der Waals surface area contributed by atoms with Crippen molar-refractivity contribution < 1.29 is 28.0 Å². The van der Waals surface area contributed by atoms with Gasteiger partial charge < -0.3 is 9.84 Å². The molecule has 1 aromatic rings.